The van der Waals surface area contributed by atoms with Crippen LogP contribution in [0.5, 0.6) is 0 Å². The Labute approximate surface area is 308 Å². The van der Waals surface area contributed by atoms with Crippen LogP contribution in [0.15, 0.2) is 168 Å². The number of benzene rings is 7. The second-order valence-electron chi connectivity index (χ2n) is 14.5. The van der Waals surface area contributed by atoms with Crippen molar-refractivity contribution in [2.45, 2.75) is 12.8 Å². The number of allylic oxidation sites excluding steroid dienone is 4. The van der Waals surface area contributed by atoms with E-state index in [1.165, 1.54) is 91.5 Å². The van der Waals surface area contributed by atoms with Crippen LogP contribution in [0.2, 0.25) is 0 Å². The van der Waals surface area contributed by atoms with Gasteiger partial charge in [0.05, 0.1) is 26.8 Å². The topological polar surface area (TPSA) is 23.0 Å². The number of aromatic nitrogens is 2. The summed E-state index contributed by atoms with van der Waals surface area (Å²) in [5.74, 6) is 0.564. The minimum Gasteiger partial charge on any atom is -0.455 e. The first kappa shape index (κ1) is 29.2. The molecule has 1 aliphatic carbocycles. The lowest BCUT2D eigenvalue weighted by Gasteiger charge is -2.25. The Morgan fingerprint density at radius 2 is 1.15 bits per heavy atom. The van der Waals surface area contributed by atoms with E-state index in [1.54, 1.807) is 0 Å². The average molecular weight is 697 g/mol. The summed E-state index contributed by atoms with van der Waals surface area (Å²) in [6, 6.07) is 52.9. The first-order chi connectivity index (χ1) is 26.2. The number of fused-ring (bicyclic) bond motifs is 15. The van der Waals surface area contributed by atoms with Crippen LogP contribution >= 0.6 is 11.3 Å². The molecule has 0 amide bonds. The number of thiophene rings is 1. The first-order valence-electron chi connectivity index (χ1n) is 18.4. The number of para-hydroxylation sites is 4. The molecule has 0 N–H and O–H groups in total. The molecule has 3 nitrogen and oxygen atoms in total. The fourth-order valence-electron chi connectivity index (χ4n) is 9.30. The van der Waals surface area contributed by atoms with Gasteiger partial charge in [-0.15, -0.1) is 11.3 Å². The van der Waals surface area contributed by atoms with E-state index >= 15 is 0 Å². The van der Waals surface area contributed by atoms with Gasteiger partial charge in [0.2, 0.25) is 0 Å². The van der Waals surface area contributed by atoms with Gasteiger partial charge in [0.25, 0.3) is 0 Å². The predicted octanol–water partition coefficient (Wildman–Crippen LogP) is 14.0. The van der Waals surface area contributed by atoms with E-state index < -0.39 is 0 Å². The molecule has 4 heteroatoms. The minimum atomic E-state index is 0.271. The second-order valence-corrected chi connectivity index (χ2v) is 15.5. The number of nitrogens with zero attached hydrogens (tertiary/aromatic N) is 2. The van der Waals surface area contributed by atoms with Crippen LogP contribution in [-0.4, -0.2) is 9.13 Å². The van der Waals surface area contributed by atoms with Gasteiger partial charge in [-0.2, -0.15) is 0 Å². The maximum absolute atomic E-state index is 6.77. The third-order valence-corrected chi connectivity index (χ3v) is 12.8. The molecule has 0 bridgehead atoms. The zero-order valence-electron chi connectivity index (χ0n) is 29.0. The predicted molar refractivity (Wildman–Crippen MR) is 226 cm³/mol. The van der Waals surface area contributed by atoms with Gasteiger partial charge >= 0.3 is 0 Å². The van der Waals surface area contributed by atoms with Crippen LogP contribution in [0.3, 0.4) is 0 Å². The van der Waals surface area contributed by atoms with E-state index in [0.29, 0.717) is 5.92 Å². The Hall–Kier alpha value is -6.36. The zero-order chi connectivity index (χ0) is 34.8. The third kappa shape index (κ3) is 3.99. The third-order valence-electron chi connectivity index (χ3n) is 11.6. The molecule has 0 radical (unpaired) electrons. The highest BCUT2D eigenvalue weighted by Gasteiger charge is 2.27. The summed E-state index contributed by atoms with van der Waals surface area (Å²) in [5.41, 5.74) is 10.6. The van der Waals surface area contributed by atoms with E-state index in [9.17, 15) is 0 Å². The summed E-state index contributed by atoms with van der Waals surface area (Å²) >= 11 is 1.87. The molecule has 4 aromatic heterocycles. The molecule has 1 aliphatic rings. The SMILES string of the molecule is CC1C=C(n2c3ccccc3c3c4c5ccccc5oc4c4c5ccccc5sc4c32)C=CC1c1ccc(-n2c3ccccc3c3ccccc32)cc1. The molecule has 4 heterocycles. The van der Waals surface area contributed by atoms with Crippen LogP contribution in [0.25, 0.3) is 97.1 Å². The van der Waals surface area contributed by atoms with Gasteiger partial charge in [-0.05, 0) is 60.0 Å². The molecule has 0 aliphatic heterocycles. The molecule has 2 unspecified atom stereocenters. The molecule has 53 heavy (non-hydrogen) atoms. The van der Waals surface area contributed by atoms with Crippen molar-refractivity contribution in [3.8, 4) is 5.69 Å². The van der Waals surface area contributed by atoms with E-state index in [-0.39, 0.29) is 5.92 Å². The fraction of sp³-hybridized carbons (Fsp3) is 0.0612. The number of hydrogen-bond acceptors (Lipinski definition) is 2. The smallest absolute Gasteiger partial charge is 0.145 e. The largest absolute Gasteiger partial charge is 0.455 e. The Bertz CT molecular complexity index is 3310. The summed E-state index contributed by atoms with van der Waals surface area (Å²) in [7, 11) is 0. The second kappa shape index (κ2) is 10.8. The molecule has 0 fully saturated rings. The Morgan fingerprint density at radius 3 is 1.87 bits per heavy atom. The van der Waals surface area contributed by atoms with Gasteiger partial charge in [-0.25, -0.2) is 0 Å². The lowest BCUT2D eigenvalue weighted by Crippen LogP contribution is -2.11. The van der Waals surface area contributed by atoms with Crippen molar-refractivity contribution in [3.05, 3.63) is 169 Å². The van der Waals surface area contributed by atoms with Crippen LogP contribution in [0.1, 0.15) is 18.4 Å². The Kier molecular flexibility index (Phi) is 5.98. The zero-order valence-corrected chi connectivity index (χ0v) is 29.8. The molecule has 0 saturated heterocycles. The quantitative estimate of drug-likeness (QED) is 0.180. The summed E-state index contributed by atoms with van der Waals surface area (Å²) in [6.45, 7) is 2.36. The van der Waals surface area contributed by atoms with Crippen molar-refractivity contribution in [2.24, 2.45) is 5.92 Å². The summed E-state index contributed by atoms with van der Waals surface area (Å²) < 4.78 is 14.2. The molecular weight excluding hydrogens is 665 g/mol. The fourth-order valence-corrected chi connectivity index (χ4v) is 10.5. The van der Waals surface area contributed by atoms with Crippen LogP contribution in [-0.2, 0) is 0 Å². The molecule has 7 aromatic carbocycles. The maximum atomic E-state index is 6.77. The van der Waals surface area contributed by atoms with Gasteiger partial charge in [0.1, 0.15) is 11.2 Å². The van der Waals surface area contributed by atoms with Crippen molar-refractivity contribution in [2.75, 3.05) is 0 Å². The average Bonchev–Trinajstić information content (AvgIpc) is 3.96. The summed E-state index contributed by atoms with van der Waals surface area (Å²) in [5, 5.41) is 9.92. The molecule has 12 rings (SSSR count). The van der Waals surface area contributed by atoms with Gasteiger partial charge in [-0.1, -0.05) is 122 Å². The normalized spacial score (nSPS) is 16.4. The number of furan rings is 1. The van der Waals surface area contributed by atoms with E-state index in [2.05, 4.69) is 180 Å². The summed E-state index contributed by atoms with van der Waals surface area (Å²) in [6.07, 6.45) is 7.26. The van der Waals surface area contributed by atoms with Gasteiger partial charge in [0.15, 0.2) is 0 Å². The molecule has 11 aromatic rings. The highest BCUT2D eigenvalue weighted by Crippen LogP contribution is 2.51. The van der Waals surface area contributed by atoms with E-state index in [4.69, 9.17) is 4.42 Å². The van der Waals surface area contributed by atoms with Crippen LogP contribution in [0.4, 0.5) is 0 Å². The first-order valence-corrected chi connectivity index (χ1v) is 19.2. The van der Waals surface area contributed by atoms with Crippen LogP contribution < -0.4 is 0 Å². The highest BCUT2D eigenvalue weighted by atomic mass is 32.1. The summed E-state index contributed by atoms with van der Waals surface area (Å²) in [4.78, 5) is 0. The van der Waals surface area contributed by atoms with E-state index in [0.717, 1.165) is 11.2 Å². The van der Waals surface area contributed by atoms with Gasteiger partial charge in [-0.3, -0.25) is 0 Å². The lowest BCUT2D eigenvalue weighted by molar-refractivity contribution is 0.635. The number of rotatable bonds is 3. The van der Waals surface area contributed by atoms with Gasteiger partial charge < -0.3 is 13.6 Å². The Balaban J connectivity index is 1.03. The van der Waals surface area contributed by atoms with Crippen molar-refractivity contribution in [1.82, 2.24) is 9.13 Å². The monoisotopic (exact) mass is 696 g/mol. The molecule has 2 atom stereocenters. The minimum absolute atomic E-state index is 0.271. The molecular formula is C49H32N2OS. The van der Waals surface area contributed by atoms with Crippen molar-refractivity contribution < 1.29 is 4.42 Å². The van der Waals surface area contributed by atoms with Crippen molar-refractivity contribution >= 4 is 103 Å². The highest BCUT2D eigenvalue weighted by molar-refractivity contribution is 7.27. The maximum Gasteiger partial charge on any atom is 0.145 e. The molecule has 0 spiro atoms. The van der Waals surface area contributed by atoms with E-state index in [1.807, 2.05) is 11.3 Å². The van der Waals surface area contributed by atoms with Crippen molar-refractivity contribution in [3.63, 3.8) is 0 Å². The van der Waals surface area contributed by atoms with Crippen LogP contribution in [0, 0.1) is 5.92 Å². The molecule has 250 valence electrons. The van der Waals surface area contributed by atoms with Gasteiger partial charge in [0, 0.05) is 65.1 Å². The van der Waals surface area contributed by atoms with Crippen molar-refractivity contribution in [1.29, 1.82) is 0 Å². The lowest BCUT2D eigenvalue weighted by atomic mass is 9.83. The Morgan fingerprint density at radius 1 is 0.547 bits per heavy atom. The molecule has 0 saturated carbocycles. The number of hydrogen-bond donors (Lipinski definition) is 0. The standard InChI is InChI=1S/C49H32N2OS/c1-29-28-32(26-27-33(29)30-22-24-31(25-23-30)50-39-17-7-2-12-34(39)35-13-3-8-18-40(35)50)51-41-19-9-4-14-36(41)44-45-37-15-5-10-20-42(37)52-48(45)46-38-16-6-11-21-43(38)53-49(46)47(44)51/h2-29,33H,1H3.